The van der Waals surface area contributed by atoms with Gasteiger partial charge in [-0.2, -0.15) is 0 Å². The van der Waals surface area contributed by atoms with Gasteiger partial charge in [0.05, 0.1) is 35.0 Å². The van der Waals surface area contributed by atoms with E-state index in [1.165, 1.54) is 22.7 Å². The predicted octanol–water partition coefficient (Wildman–Crippen LogP) is 3.00. The van der Waals surface area contributed by atoms with Crippen LogP contribution in [-0.4, -0.2) is 71.7 Å². The summed E-state index contributed by atoms with van der Waals surface area (Å²) in [5.74, 6) is -0.402. The van der Waals surface area contributed by atoms with E-state index in [2.05, 4.69) is 20.8 Å². The Morgan fingerprint density at radius 2 is 1.95 bits per heavy atom. The number of nitrogens with zero attached hydrogens (tertiary/aromatic N) is 4. The van der Waals surface area contributed by atoms with E-state index in [-0.39, 0.29) is 43.5 Å². The third-order valence-electron chi connectivity index (χ3n) is 6.13. The van der Waals surface area contributed by atoms with E-state index >= 15 is 0 Å². The first-order valence-corrected chi connectivity index (χ1v) is 13.9. The molecule has 0 unspecified atom stereocenters. The van der Waals surface area contributed by atoms with Crippen LogP contribution in [0.5, 0.6) is 0 Å². The zero-order chi connectivity index (χ0) is 25.8. The molecule has 2 saturated heterocycles. The molecule has 0 radical (unpaired) electrons. The molecule has 2 N–H and O–H groups in total. The van der Waals surface area contributed by atoms with Gasteiger partial charge in [-0.3, -0.25) is 19.3 Å². The molecular weight excluding hydrogens is 536 g/mol. The standard InChI is InChI=1S/C24H25ClN6O4S2/c25-19-8-7-18(36-19)24-29-28-21(37-24)12-26-20(32)13-30-9-1-2-17(30)23(34)27-15-3-5-16(6-4-15)31-10-11-35-14-22(31)33/h3-8,17H,1-2,9-14H2,(H,26,32)(H,27,34)/t17-/m1/s1. The molecule has 13 heteroatoms. The molecule has 0 bridgehead atoms. The molecule has 0 saturated carbocycles. The van der Waals surface area contributed by atoms with Gasteiger partial charge in [-0.25, -0.2) is 0 Å². The Morgan fingerprint density at radius 3 is 2.70 bits per heavy atom. The van der Waals surface area contributed by atoms with E-state index in [0.29, 0.717) is 41.1 Å². The predicted molar refractivity (Wildman–Crippen MR) is 143 cm³/mol. The van der Waals surface area contributed by atoms with Gasteiger partial charge in [0, 0.05) is 17.9 Å². The van der Waals surface area contributed by atoms with Crippen molar-refractivity contribution >= 4 is 63.4 Å². The number of carbonyl (C=O) groups excluding carboxylic acids is 3. The number of halogens is 1. The molecule has 1 aromatic carbocycles. The quantitative estimate of drug-likeness (QED) is 0.435. The van der Waals surface area contributed by atoms with Gasteiger partial charge in [-0.1, -0.05) is 22.9 Å². The average molecular weight is 561 g/mol. The van der Waals surface area contributed by atoms with E-state index in [4.69, 9.17) is 16.3 Å². The number of nitrogens with one attached hydrogen (secondary N) is 2. The van der Waals surface area contributed by atoms with E-state index in [1.807, 2.05) is 29.2 Å². The molecule has 2 aromatic heterocycles. The van der Waals surface area contributed by atoms with Gasteiger partial charge in [0.25, 0.3) is 5.91 Å². The summed E-state index contributed by atoms with van der Waals surface area (Å²) >= 11 is 8.83. The summed E-state index contributed by atoms with van der Waals surface area (Å²) in [6, 6.07) is 10.5. The molecular formula is C24H25ClN6O4S2. The number of carbonyl (C=O) groups is 3. The Morgan fingerprint density at radius 1 is 1.11 bits per heavy atom. The highest BCUT2D eigenvalue weighted by Gasteiger charge is 2.32. The van der Waals surface area contributed by atoms with Gasteiger partial charge in [0.2, 0.25) is 11.8 Å². The number of benzene rings is 1. The number of aromatic nitrogens is 2. The third-order valence-corrected chi connectivity index (χ3v) is 8.46. The van der Waals surface area contributed by atoms with Gasteiger partial charge in [-0.05, 0) is 55.8 Å². The maximum Gasteiger partial charge on any atom is 0.253 e. The summed E-state index contributed by atoms with van der Waals surface area (Å²) < 4.78 is 5.86. The van der Waals surface area contributed by atoms with Crippen molar-refractivity contribution in [3.63, 3.8) is 0 Å². The zero-order valence-corrected chi connectivity index (χ0v) is 22.2. The molecule has 3 aromatic rings. The van der Waals surface area contributed by atoms with Crippen molar-refractivity contribution in [1.29, 1.82) is 0 Å². The minimum Gasteiger partial charge on any atom is -0.370 e. The Balaban J connectivity index is 1.11. The Hall–Kier alpha value is -2.90. The summed E-state index contributed by atoms with van der Waals surface area (Å²) in [6.45, 7) is 2.16. The molecule has 4 heterocycles. The van der Waals surface area contributed by atoms with Crippen LogP contribution in [0.2, 0.25) is 4.34 Å². The minimum absolute atomic E-state index is 0.0792. The fraction of sp³-hybridized carbons (Fsp3) is 0.375. The van der Waals surface area contributed by atoms with Crippen LogP contribution < -0.4 is 15.5 Å². The minimum atomic E-state index is -0.386. The zero-order valence-electron chi connectivity index (χ0n) is 19.8. The number of anilines is 2. The van der Waals surface area contributed by atoms with Gasteiger partial charge in [0.15, 0.2) is 5.01 Å². The lowest BCUT2D eigenvalue weighted by Crippen LogP contribution is -2.44. The number of likely N-dealkylation sites (tertiary alicyclic amines) is 1. The molecule has 2 aliphatic heterocycles. The van der Waals surface area contributed by atoms with Crippen LogP contribution in [0.3, 0.4) is 0 Å². The van der Waals surface area contributed by atoms with Crippen LogP contribution in [0.25, 0.3) is 9.88 Å². The normalized spacial score (nSPS) is 18.2. The Kier molecular flexibility index (Phi) is 8.11. The van der Waals surface area contributed by atoms with Crippen molar-refractivity contribution < 1.29 is 19.1 Å². The summed E-state index contributed by atoms with van der Waals surface area (Å²) in [7, 11) is 0. The SMILES string of the molecule is O=C(CN1CCC[C@@H]1C(=O)Nc1ccc(N2CCOCC2=O)cc1)NCc1nnc(-c2ccc(Cl)s2)s1. The summed E-state index contributed by atoms with van der Waals surface area (Å²) in [4.78, 5) is 42.1. The smallest absolute Gasteiger partial charge is 0.253 e. The lowest BCUT2D eigenvalue weighted by molar-refractivity contribution is -0.126. The highest BCUT2D eigenvalue weighted by molar-refractivity contribution is 7.23. The third kappa shape index (κ3) is 6.33. The van der Waals surface area contributed by atoms with Crippen molar-refractivity contribution in [2.24, 2.45) is 0 Å². The van der Waals surface area contributed by atoms with Crippen LogP contribution >= 0.6 is 34.3 Å². The lowest BCUT2D eigenvalue weighted by atomic mass is 10.2. The van der Waals surface area contributed by atoms with Crippen LogP contribution in [-0.2, 0) is 25.7 Å². The van der Waals surface area contributed by atoms with Crippen LogP contribution in [0.4, 0.5) is 11.4 Å². The second-order valence-corrected chi connectivity index (χ2v) is 11.4. The maximum absolute atomic E-state index is 13.0. The molecule has 1 atom stereocenters. The second kappa shape index (κ2) is 11.7. The second-order valence-electron chi connectivity index (χ2n) is 8.64. The average Bonchev–Trinajstić information content (AvgIpc) is 3.65. The monoisotopic (exact) mass is 560 g/mol. The summed E-state index contributed by atoms with van der Waals surface area (Å²) in [5, 5.41) is 15.6. The van der Waals surface area contributed by atoms with Crippen molar-refractivity contribution in [3.05, 3.63) is 45.7 Å². The van der Waals surface area contributed by atoms with Crippen molar-refractivity contribution in [2.45, 2.75) is 25.4 Å². The van der Waals surface area contributed by atoms with Crippen molar-refractivity contribution in [3.8, 4) is 9.88 Å². The first-order valence-electron chi connectivity index (χ1n) is 11.8. The topological polar surface area (TPSA) is 117 Å². The van der Waals surface area contributed by atoms with Gasteiger partial charge >= 0.3 is 0 Å². The molecule has 10 nitrogen and oxygen atoms in total. The number of ether oxygens (including phenoxy) is 1. The molecule has 0 aliphatic carbocycles. The van der Waals surface area contributed by atoms with Crippen LogP contribution in [0, 0.1) is 0 Å². The van der Waals surface area contributed by atoms with Crippen molar-refractivity contribution in [1.82, 2.24) is 20.4 Å². The van der Waals surface area contributed by atoms with Gasteiger partial charge in [0.1, 0.15) is 11.6 Å². The molecule has 2 fully saturated rings. The van der Waals surface area contributed by atoms with E-state index in [9.17, 15) is 14.4 Å². The number of hydrogen-bond donors (Lipinski definition) is 2. The Labute approximate surface area is 226 Å². The van der Waals surface area contributed by atoms with E-state index in [1.54, 1.807) is 17.0 Å². The number of thiophene rings is 1. The number of hydrogen-bond acceptors (Lipinski definition) is 9. The van der Waals surface area contributed by atoms with E-state index in [0.717, 1.165) is 22.0 Å². The first-order chi connectivity index (χ1) is 18.0. The number of morpholine rings is 1. The van der Waals surface area contributed by atoms with Crippen molar-refractivity contribution in [2.75, 3.05) is 43.1 Å². The maximum atomic E-state index is 13.0. The molecule has 0 spiro atoms. The number of amides is 3. The molecule has 5 rings (SSSR count). The van der Waals surface area contributed by atoms with Gasteiger partial charge < -0.3 is 20.3 Å². The summed E-state index contributed by atoms with van der Waals surface area (Å²) in [6.07, 6.45) is 1.52. The summed E-state index contributed by atoms with van der Waals surface area (Å²) in [5.41, 5.74) is 1.41. The molecule has 3 amide bonds. The lowest BCUT2D eigenvalue weighted by Gasteiger charge is -2.27. The Bertz CT molecular complexity index is 1280. The molecule has 2 aliphatic rings. The first kappa shape index (κ1) is 25.7. The molecule has 37 heavy (non-hydrogen) atoms. The fourth-order valence-corrected chi connectivity index (χ4v) is 6.19. The largest absolute Gasteiger partial charge is 0.370 e. The van der Waals surface area contributed by atoms with Gasteiger partial charge in [-0.15, -0.1) is 21.5 Å². The van der Waals surface area contributed by atoms with E-state index < -0.39 is 0 Å². The van der Waals surface area contributed by atoms with Crippen LogP contribution in [0.1, 0.15) is 17.8 Å². The van der Waals surface area contributed by atoms with Crippen LogP contribution in [0.15, 0.2) is 36.4 Å². The number of rotatable bonds is 8. The molecule has 194 valence electrons. The highest BCUT2D eigenvalue weighted by Crippen LogP contribution is 2.32. The fourth-order valence-electron chi connectivity index (χ4n) is 4.32. The highest BCUT2D eigenvalue weighted by atomic mass is 35.5.